The van der Waals surface area contributed by atoms with Crippen LogP contribution in [0.3, 0.4) is 0 Å². The molecule has 0 saturated carbocycles. The van der Waals surface area contributed by atoms with Gasteiger partial charge in [0.2, 0.25) is 11.8 Å². The Labute approximate surface area is 102 Å². The lowest BCUT2D eigenvalue weighted by Crippen LogP contribution is -2.27. The van der Waals surface area contributed by atoms with Crippen molar-refractivity contribution in [3.63, 3.8) is 0 Å². The van der Waals surface area contributed by atoms with E-state index in [1.165, 1.54) is 0 Å². The van der Waals surface area contributed by atoms with Crippen molar-refractivity contribution < 1.29 is 9.59 Å². The van der Waals surface area contributed by atoms with Crippen LogP contribution in [0, 0.1) is 5.41 Å². The molecule has 17 heavy (non-hydrogen) atoms. The lowest BCUT2D eigenvalue weighted by molar-refractivity contribution is -0.122. The zero-order chi connectivity index (χ0) is 12.3. The van der Waals surface area contributed by atoms with Crippen LogP contribution in [-0.4, -0.2) is 22.2 Å². The lowest BCUT2D eigenvalue weighted by atomic mass is 10.2. The smallest absolute Gasteiger partial charge is 0.240 e. The van der Waals surface area contributed by atoms with Crippen LogP contribution in [0.2, 0.25) is 0 Å². The first-order valence-corrected chi connectivity index (χ1v) is 5.94. The van der Waals surface area contributed by atoms with Gasteiger partial charge in [-0.15, -0.1) is 0 Å². The number of anilines is 1. The van der Waals surface area contributed by atoms with Crippen molar-refractivity contribution in [2.24, 2.45) is 0 Å². The quantitative estimate of drug-likeness (QED) is 0.752. The van der Waals surface area contributed by atoms with E-state index in [1.54, 1.807) is 12.1 Å². The summed E-state index contributed by atoms with van der Waals surface area (Å²) in [5.74, 6) is -0.498. The largest absolute Gasteiger partial charge is 0.326 e. The van der Waals surface area contributed by atoms with E-state index < -0.39 is 5.25 Å². The summed E-state index contributed by atoms with van der Waals surface area (Å²) in [5, 5.41) is 11.9. The number of hydrogen-bond acceptors (Lipinski definition) is 4. The van der Waals surface area contributed by atoms with E-state index in [2.05, 4.69) is 10.6 Å². The van der Waals surface area contributed by atoms with E-state index in [9.17, 15) is 9.59 Å². The van der Waals surface area contributed by atoms with Gasteiger partial charge in [0.05, 0.1) is 0 Å². The van der Waals surface area contributed by atoms with Crippen molar-refractivity contribution in [3.05, 3.63) is 30.3 Å². The molecule has 3 N–H and O–H groups in total. The van der Waals surface area contributed by atoms with Crippen molar-refractivity contribution in [2.75, 3.05) is 5.32 Å². The molecule has 1 saturated heterocycles. The molecule has 1 aromatic rings. The first kappa shape index (κ1) is 11.7. The van der Waals surface area contributed by atoms with E-state index in [4.69, 9.17) is 5.41 Å². The molecule has 1 aromatic carbocycles. The molecule has 1 aliphatic heterocycles. The third-order valence-corrected chi connectivity index (χ3v) is 3.22. The van der Waals surface area contributed by atoms with Crippen molar-refractivity contribution in [1.82, 2.24) is 5.32 Å². The van der Waals surface area contributed by atoms with Crippen molar-refractivity contribution in [3.8, 4) is 0 Å². The third-order valence-electron chi connectivity index (χ3n) is 2.22. The van der Waals surface area contributed by atoms with Gasteiger partial charge in [-0.05, 0) is 12.1 Å². The van der Waals surface area contributed by atoms with Gasteiger partial charge < -0.3 is 10.6 Å². The maximum absolute atomic E-state index is 11.6. The molecular formula is C11H11N3O2S. The summed E-state index contributed by atoms with van der Waals surface area (Å²) in [6.45, 7) is 0. The molecule has 2 amide bonds. The van der Waals surface area contributed by atoms with E-state index in [0.29, 0.717) is 5.69 Å². The Morgan fingerprint density at radius 2 is 2.12 bits per heavy atom. The fraction of sp³-hybridized carbons (Fsp3) is 0.182. The van der Waals surface area contributed by atoms with Crippen LogP contribution in [0.5, 0.6) is 0 Å². The summed E-state index contributed by atoms with van der Waals surface area (Å²) in [7, 11) is 0. The molecule has 6 heteroatoms. The summed E-state index contributed by atoms with van der Waals surface area (Å²) >= 11 is 1.07. The molecule has 1 fully saturated rings. The lowest BCUT2D eigenvalue weighted by Gasteiger charge is -2.06. The molecule has 0 aromatic heterocycles. The number of hydrogen-bond donors (Lipinski definition) is 3. The number of rotatable bonds is 3. The average Bonchev–Trinajstić information content (AvgIpc) is 2.58. The second-order valence-electron chi connectivity index (χ2n) is 3.54. The monoisotopic (exact) mass is 249 g/mol. The number of carbonyl (C=O) groups excluding carboxylic acids is 2. The van der Waals surface area contributed by atoms with Gasteiger partial charge in [-0.1, -0.05) is 30.0 Å². The number of amides is 2. The molecule has 0 radical (unpaired) electrons. The summed E-state index contributed by atoms with van der Waals surface area (Å²) in [5.41, 5.74) is 0.705. The number of nitrogens with one attached hydrogen (secondary N) is 3. The molecule has 1 atom stereocenters. The summed E-state index contributed by atoms with van der Waals surface area (Å²) in [6.07, 6.45) is 0.0772. The predicted molar refractivity (Wildman–Crippen MR) is 66.9 cm³/mol. The average molecular weight is 249 g/mol. The van der Waals surface area contributed by atoms with Gasteiger partial charge in [0.1, 0.15) is 5.25 Å². The van der Waals surface area contributed by atoms with Gasteiger partial charge in [-0.25, -0.2) is 0 Å². The summed E-state index contributed by atoms with van der Waals surface area (Å²) < 4.78 is 0. The second-order valence-corrected chi connectivity index (χ2v) is 4.76. The van der Waals surface area contributed by atoms with Gasteiger partial charge in [0.15, 0.2) is 5.17 Å². The van der Waals surface area contributed by atoms with E-state index in [-0.39, 0.29) is 23.4 Å². The maximum atomic E-state index is 11.6. The minimum Gasteiger partial charge on any atom is -0.326 e. The highest BCUT2D eigenvalue weighted by atomic mass is 32.2. The van der Waals surface area contributed by atoms with Crippen LogP contribution in [0.4, 0.5) is 5.69 Å². The minimum atomic E-state index is -0.494. The van der Waals surface area contributed by atoms with Crippen LogP contribution in [0.15, 0.2) is 30.3 Å². The Morgan fingerprint density at radius 3 is 2.71 bits per heavy atom. The van der Waals surface area contributed by atoms with Gasteiger partial charge in [-0.2, -0.15) is 0 Å². The fourth-order valence-electron chi connectivity index (χ4n) is 1.45. The summed E-state index contributed by atoms with van der Waals surface area (Å²) in [6, 6.07) is 9.06. The number of thioether (sulfide) groups is 1. The van der Waals surface area contributed by atoms with Crippen LogP contribution in [0.1, 0.15) is 6.42 Å². The van der Waals surface area contributed by atoms with Crippen molar-refractivity contribution in [2.45, 2.75) is 11.7 Å². The van der Waals surface area contributed by atoms with Crippen LogP contribution >= 0.6 is 11.8 Å². The van der Waals surface area contributed by atoms with Crippen molar-refractivity contribution >= 4 is 34.4 Å². The SMILES string of the molecule is N=C1NC(=O)C(CC(=O)Nc2ccccc2)S1. The van der Waals surface area contributed by atoms with Gasteiger partial charge in [0, 0.05) is 12.1 Å². The molecule has 5 nitrogen and oxygen atoms in total. The molecule has 0 aliphatic carbocycles. The van der Waals surface area contributed by atoms with Crippen molar-refractivity contribution in [1.29, 1.82) is 5.41 Å². The number of para-hydroxylation sites is 1. The number of carbonyl (C=O) groups is 2. The van der Waals surface area contributed by atoms with Crippen LogP contribution in [-0.2, 0) is 9.59 Å². The zero-order valence-electron chi connectivity index (χ0n) is 8.90. The number of benzene rings is 1. The fourth-order valence-corrected chi connectivity index (χ4v) is 2.30. The minimum absolute atomic E-state index is 0.0772. The Balaban J connectivity index is 1.90. The highest BCUT2D eigenvalue weighted by molar-refractivity contribution is 8.15. The molecule has 1 aliphatic rings. The normalized spacial score (nSPS) is 18.9. The Kier molecular flexibility index (Phi) is 3.43. The highest BCUT2D eigenvalue weighted by Gasteiger charge is 2.31. The standard InChI is InChI=1S/C11H11N3O2S/c12-11-14-10(16)8(17-11)6-9(15)13-7-4-2-1-3-5-7/h1-5,8H,6H2,(H,13,15)(H2,12,14,16). The first-order valence-electron chi connectivity index (χ1n) is 5.06. The Morgan fingerprint density at radius 1 is 1.41 bits per heavy atom. The highest BCUT2D eigenvalue weighted by Crippen LogP contribution is 2.21. The third kappa shape index (κ3) is 3.07. The molecular weight excluding hydrogens is 238 g/mol. The molecule has 2 rings (SSSR count). The summed E-state index contributed by atoms with van der Waals surface area (Å²) in [4.78, 5) is 23.0. The van der Waals surface area contributed by atoms with Gasteiger partial charge in [0.25, 0.3) is 0 Å². The topological polar surface area (TPSA) is 82.1 Å². The second kappa shape index (κ2) is 5.01. The molecule has 0 bridgehead atoms. The van der Waals surface area contributed by atoms with Gasteiger partial charge >= 0.3 is 0 Å². The van der Waals surface area contributed by atoms with Crippen LogP contribution in [0.25, 0.3) is 0 Å². The first-order chi connectivity index (χ1) is 8.15. The Hall–Kier alpha value is -1.82. The van der Waals surface area contributed by atoms with Crippen LogP contribution < -0.4 is 10.6 Å². The van der Waals surface area contributed by atoms with E-state index in [0.717, 1.165) is 11.8 Å². The molecule has 88 valence electrons. The Bertz CT molecular complexity index is 461. The predicted octanol–water partition coefficient (Wildman–Crippen LogP) is 1.18. The van der Waals surface area contributed by atoms with Gasteiger partial charge in [-0.3, -0.25) is 15.0 Å². The molecule has 1 unspecified atom stereocenters. The zero-order valence-corrected chi connectivity index (χ0v) is 9.71. The van der Waals surface area contributed by atoms with E-state index in [1.807, 2.05) is 18.2 Å². The van der Waals surface area contributed by atoms with E-state index >= 15 is 0 Å². The number of amidine groups is 1. The molecule has 0 spiro atoms. The molecule has 1 heterocycles. The maximum Gasteiger partial charge on any atom is 0.240 e.